The maximum atomic E-state index is 12.9. The number of imide groups is 1. The first-order chi connectivity index (χ1) is 16.3. The van der Waals surface area contributed by atoms with Gasteiger partial charge in [-0.05, 0) is 105 Å². The van der Waals surface area contributed by atoms with Crippen LogP contribution < -0.4 is 4.74 Å². The van der Waals surface area contributed by atoms with E-state index in [4.69, 9.17) is 4.74 Å². The number of hydrogen-bond acceptors (Lipinski definition) is 6. The van der Waals surface area contributed by atoms with Crippen LogP contribution >= 0.6 is 45.2 Å². The summed E-state index contributed by atoms with van der Waals surface area (Å²) in [6, 6.07) is 9.99. The molecule has 2 amide bonds. The van der Waals surface area contributed by atoms with Gasteiger partial charge in [-0.2, -0.15) is 10.1 Å². The number of nitro groups is 1. The predicted octanol–water partition coefficient (Wildman–Crippen LogP) is 4.91. The van der Waals surface area contributed by atoms with E-state index in [1.54, 1.807) is 18.3 Å². The maximum Gasteiger partial charge on any atom is 0.269 e. The molecule has 0 radical (unpaired) electrons. The molecular formula is C24H19I2N3O5. The molecule has 2 aromatic carbocycles. The van der Waals surface area contributed by atoms with E-state index in [0.717, 1.165) is 36.1 Å². The molecule has 34 heavy (non-hydrogen) atoms. The summed E-state index contributed by atoms with van der Waals surface area (Å²) >= 11 is 4.34. The van der Waals surface area contributed by atoms with Gasteiger partial charge in [0.25, 0.3) is 17.5 Å². The van der Waals surface area contributed by atoms with E-state index in [1.807, 2.05) is 12.1 Å². The number of nitro benzene ring substituents is 1. The SMILES string of the molecule is O=C1[C@@H]2[C@@H](C(=O)N1/N=C\c1cc(I)c(OCc3ccc([N+](=O)[O-])cc3)c(I)c1)[C@H]1C=C[C@H]2CC1. The van der Waals surface area contributed by atoms with Gasteiger partial charge in [0.1, 0.15) is 12.4 Å². The molecule has 4 aliphatic rings. The Morgan fingerprint density at radius 3 is 2.09 bits per heavy atom. The van der Waals surface area contributed by atoms with Gasteiger partial charge in [0, 0.05) is 12.1 Å². The van der Waals surface area contributed by atoms with E-state index in [0.29, 0.717) is 5.75 Å². The largest absolute Gasteiger partial charge is 0.487 e. The van der Waals surface area contributed by atoms with Gasteiger partial charge in [0.15, 0.2) is 0 Å². The molecule has 4 atom stereocenters. The average molecular weight is 683 g/mol. The molecule has 2 aromatic rings. The third-order valence-electron chi connectivity index (χ3n) is 6.61. The lowest BCUT2D eigenvalue weighted by Crippen LogP contribution is -2.38. The van der Waals surface area contributed by atoms with Crippen LogP contribution in [0.1, 0.15) is 24.0 Å². The van der Waals surface area contributed by atoms with Gasteiger partial charge < -0.3 is 4.74 Å². The summed E-state index contributed by atoms with van der Waals surface area (Å²) in [6.45, 7) is 0.271. The van der Waals surface area contributed by atoms with Crippen molar-refractivity contribution in [3.05, 3.63) is 76.9 Å². The lowest BCUT2D eigenvalue weighted by atomic mass is 9.63. The Morgan fingerprint density at radius 2 is 1.59 bits per heavy atom. The van der Waals surface area contributed by atoms with E-state index < -0.39 is 4.92 Å². The summed E-state index contributed by atoms with van der Waals surface area (Å²) in [4.78, 5) is 36.2. The summed E-state index contributed by atoms with van der Waals surface area (Å²) in [6.07, 6.45) is 7.64. The monoisotopic (exact) mass is 683 g/mol. The van der Waals surface area contributed by atoms with Crippen LogP contribution in [-0.4, -0.2) is 28.0 Å². The highest BCUT2D eigenvalue weighted by Crippen LogP contribution is 2.49. The molecule has 0 N–H and O–H groups in total. The van der Waals surface area contributed by atoms with Gasteiger partial charge in [-0.1, -0.05) is 12.2 Å². The second-order valence-electron chi connectivity index (χ2n) is 8.60. The number of allylic oxidation sites excluding steroid dienone is 2. The Balaban J connectivity index is 1.29. The Hall–Kier alpha value is -2.35. The van der Waals surface area contributed by atoms with Crippen molar-refractivity contribution in [1.29, 1.82) is 0 Å². The van der Waals surface area contributed by atoms with E-state index in [1.165, 1.54) is 12.1 Å². The van der Waals surface area contributed by atoms with Crippen molar-refractivity contribution in [2.24, 2.45) is 28.8 Å². The van der Waals surface area contributed by atoms with Gasteiger partial charge >= 0.3 is 0 Å². The second kappa shape index (κ2) is 9.36. The summed E-state index contributed by atoms with van der Waals surface area (Å²) in [5, 5.41) is 16.1. The Labute approximate surface area is 222 Å². The number of rotatable bonds is 6. The fourth-order valence-electron chi connectivity index (χ4n) is 4.96. The first-order valence-corrected chi connectivity index (χ1v) is 12.9. The first-order valence-electron chi connectivity index (χ1n) is 10.8. The normalized spacial score (nSPS) is 25.3. The highest BCUT2D eigenvalue weighted by Gasteiger charge is 2.56. The highest BCUT2D eigenvalue weighted by molar-refractivity contribution is 14.1. The van der Waals surface area contributed by atoms with Gasteiger partial charge in [0.05, 0.1) is 30.1 Å². The molecule has 0 unspecified atom stereocenters. The van der Waals surface area contributed by atoms with E-state index >= 15 is 0 Å². The van der Waals surface area contributed by atoms with Crippen LogP contribution in [0.15, 0.2) is 53.7 Å². The van der Waals surface area contributed by atoms with Crippen molar-refractivity contribution >= 4 is 68.9 Å². The summed E-state index contributed by atoms with van der Waals surface area (Å²) < 4.78 is 7.66. The Bertz CT molecular complexity index is 1190. The van der Waals surface area contributed by atoms with Crippen LogP contribution in [0.2, 0.25) is 0 Å². The van der Waals surface area contributed by atoms with E-state index in [9.17, 15) is 19.7 Å². The van der Waals surface area contributed by atoms with Crippen molar-refractivity contribution in [1.82, 2.24) is 5.01 Å². The number of non-ortho nitro benzene ring substituents is 1. The number of benzene rings is 2. The molecule has 3 aliphatic carbocycles. The van der Waals surface area contributed by atoms with Crippen LogP contribution in [0.4, 0.5) is 5.69 Å². The first kappa shape index (κ1) is 23.4. The van der Waals surface area contributed by atoms with Gasteiger partial charge in [-0.3, -0.25) is 19.7 Å². The predicted molar refractivity (Wildman–Crippen MR) is 141 cm³/mol. The third kappa shape index (κ3) is 4.25. The topological polar surface area (TPSA) is 102 Å². The zero-order chi connectivity index (χ0) is 24.0. The smallest absolute Gasteiger partial charge is 0.269 e. The molecule has 1 aliphatic heterocycles. The van der Waals surface area contributed by atoms with Crippen LogP contribution in [-0.2, 0) is 16.2 Å². The second-order valence-corrected chi connectivity index (χ2v) is 10.9. The van der Waals surface area contributed by atoms with E-state index in [2.05, 4.69) is 62.4 Å². The molecule has 2 bridgehead atoms. The number of halogens is 2. The zero-order valence-corrected chi connectivity index (χ0v) is 22.1. The number of carbonyl (C=O) groups is 2. The molecule has 2 fully saturated rings. The molecule has 6 rings (SSSR count). The van der Waals surface area contributed by atoms with Crippen molar-refractivity contribution in [2.75, 3.05) is 0 Å². The lowest BCUT2D eigenvalue weighted by Gasteiger charge is -2.37. The van der Waals surface area contributed by atoms with Crippen molar-refractivity contribution in [2.45, 2.75) is 19.4 Å². The Kier molecular flexibility index (Phi) is 6.44. The van der Waals surface area contributed by atoms with Crippen molar-refractivity contribution < 1.29 is 19.2 Å². The van der Waals surface area contributed by atoms with Gasteiger partial charge in [-0.15, -0.1) is 0 Å². The number of hydrogen-bond donors (Lipinski definition) is 0. The van der Waals surface area contributed by atoms with Crippen LogP contribution in [0.25, 0.3) is 0 Å². The van der Waals surface area contributed by atoms with Crippen LogP contribution in [0.3, 0.4) is 0 Å². The minimum atomic E-state index is -0.435. The fraction of sp³-hybridized carbons (Fsp3) is 0.292. The minimum absolute atomic E-state index is 0.0367. The molecular weight excluding hydrogens is 664 g/mol. The molecule has 1 saturated heterocycles. The van der Waals surface area contributed by atoms with Crippen molar-refractivity contribution in [3.63, 3.8) is 0 Å². The summed E-state index contributed by atoms with van der Waals surface area (Å²) in [7, 11) is 0. The number of carbonyl (C=O) groups excluding carboxylic acids is 2. The number of fused-ring (bicyclic) bond motifs is 1. The number of amides is 2. The standard InChI is InChI=1S/C24H19I2N3O5/c25-18-9-14(10-19(26)22(18)34-12-13-1-7-17(8-2-13)29(32)33)11-27-28-23(30)20-15-3-4-16(6-5-15)21(20)24(28)31/h1-4,7-11,15-16,20-21H,5-6,12H2/b27-11-/t15-,16-,20-,21-/m0/s1. The Morgan fingerprint density at radius 1 is 1.03 bits per heavy atom. The fourth-order valence-corrected chi connectivity index (χ4v) is 7.09. The average Bonchev–Trinajstić information content (AvgIpc) is 3.10. The molecule has 8 nitrogen and oxygen atoms in total. The summed E-state index contributed by atoms with van der Waals surface area (Å²) in [5.41, 5.74) is 1.61. The molecule has 1 saturated carbocycles. The number of nitrogens with zero attached hydrogens (tertiary/aromatic N) is 3. The number of ether oxygens (including phenoxy) is 1. The lowest BCUT2D eigenvalue weighted by molar-refractivity contribution is -0.384. The third-order valence-corrected chi connectivity index (χ3v) is 8.21. The van der Waals surface area contributed by atoms with Crippen LogP contribution in [0.5, 0.6) is 5.75 Å². The maximum absolute atomic E-state index is 12.9. The highest BCUT2D eigenvalue weighted by atomic mass is 127. The molecule has 10 heteroatoms. The molecule has 1 heterocycles. The number of hydrazone groups is 1. The minimum Gasteiger partial charge on any atom is -0.487 e. The van der Waals surface area contributed by atoms with Gasteiger partial charge in [0.2, 0.25) is 0 Å². The summed E-state index contributed by atoms with van der Waals surface area (Å²) in [5.74, 6) is 0.0309. The van der Waals surface area contributed by atoms with E-state index in [-0.39, 0.29) is 47.8 Å². The molecule has 0 spiro atoms. The molecule has 0 aromatic heterocycles. The van der Waals surface area contributed by atoms with Gasteiger partial charge in [-0.25, -0.2) is 0 Å². The van der Waals surface area contributed by atoms with Crippen LogP contribution in [0, 0.1) is 40.9 Å². The zero-order valence-electron chi connectivity index (χ0n) is 17.8. The molecule has 174 valence electrons. The quantitative estimate of drug-likeness (QED) is 0.108. The van der Waals surface area contributed by atoms with Crippen molar-refractivity contribution in [3.8, 4) is 5.75 Å².